The average molecular weight is 248 g/mol. The van der Waals surface area contributed by atoms with Crippen molar-refractivity contribution in [3.8, 4) is 5.75 Å². The number of hydrogen-bond acceptors (Lipinski definition) is 3. The Morgan fingerprint density at radius 1 is 1.47 bits per heavy atom. The number of rotatable bonds is 0. The van der Waals surface area contributed by atoms with Crippen molar-refractivity contribution in [2.45, 2.75) is 12.5 Å². The molecule has 0 saturated heterocycles. The van der Waals surface area contributed by atoms with Crippen molar-refractivity contribution in [1.82, 2.24) is 0 Å². The van der Waals surface area contributed by atoms with Crippen LogP contribution in [0.15, 0.2) is 18.2 Å². The van der Waals surface area contributed by atoms with Gasteiger partial charge in [0.15, 0.2) is 5.78 Å². The van der Waals surface area contributed by atoms with E-state index < -0.39 is 6.04 Å². The van der Waals surface area contributed by atoms with Crippen LogP contribution < -0.4 is 10.5 Å². The van der Waals surface area contributed by atoms with Crippen LogP contribution in [0.4, 0.5) is 0 Å². The number of carbonyl (C=O) groups excluding carboxylic acids is 1. The van der Waals surface area contributed by atoms with Crippen molar-refractivity contribution in [3.63, 3.8) is 0 Å². The first-order valence-electron chi connectivity index (χ1n) is 4.41. The molecule has 0 aliphatic carbocycles. The number of Topliss-reactive ketones (excluding diaryl/α,β-unsaturated/α-hetero) is 1. The molecular weight excluding hydrogens is 237 g/mol. The molecule has 1 unspecified atom stereocenters. The zero-order valence-electron chi connectivity index (χ0n) is 7.90. The van der Waals surface area contributed by atoms with Crippen molar-refractivity contribution < 1.29 is 9.53 Å². The van der Waals surface area contributed by atoms with Gasteiger partial charge in [0, 0.05) is 6.42 Å². The number of hydrogen-bond donors (Lipinski definition) is 1. The molecule has 0 aromatic heterocycles. The van der Waals surface area contributed by atoms with Gasteiger partial charge in [0.1, 0.15) is 5.75 Å². The normalized spacial score (nSPS) is 19.6. The summed E-state index contributed by atoms with van der Waals surface area (Å²) in [7, 11) is 0. The molecule has 0 spiro atoms. The minimum atomic E-state index is -0.477. The van der Waals surface area contributed by atoms with E-state index in [0.29, 0.717) is 29.4 Å². The Balaban J connectivity index is 0.00000112. The third kappa shape index (κ3) is 2.25. The maximum absolute atomic E-state index is 11.7. The Hall–Kier alpha value is -0.770. The van der Waals surface area contributed by atoms with Crippen molar-refractivity contribution in [2.24, 2.45) is 5.73 Å². The molecule has 1 heterocycles. The second-order valence-corrected chi connectivity index (χ2v) is 3.63. The second kappa shape index (κ2) is 4.84. The largest absolute Gasteiger partial charge is 0.491 e. The second-order valence-electron chi connectivity index (χ2n) is 3.22. The molecule has 2 N–H and O–H groups in total. The van der Waals surface area contributed by atoms with E-state index in [0.717, 1.165) is 0 Å². The van der Waals surface area contributed by atoms with Crippen LogP contribution in [0.1, 0.15) is 16.8 Å². The highest BCUT2D eigenvalue weighted by Gasteiger charge is 2.24. The van der Waals surface area contributed by atoms with Gasteiger partial charge in [0.2, 0.25) is 0 Å². The average Bonchev–Trinajstić information content (AvgIpc) is 2.31. The van der Waals surface area contributed by atoms with Crippen LogP contribution in [0.5, 0.6) is 5.75 Å². The number of ether oxygens (including phenoxy) is 1. The lowest BCUT2D eigenvalue weighted by atomic mass is 10.0. The molecule has 2 rings (SSSR count). The van der Waals surface area contributed by atoms with E-state index in [4.69, 9.17) is 22.1 Å². The molecule has 0 radical (unpaired) electrons. The highest BCUT2D eigenvalue weighted by Crippen LogP contribution is 2.31. The predicted octanol–water partition coefficient (Wildman–Crippen LogP) is 2.05. The predicted molar refractivity (Wildman–Crippen MR) is 61.1 cm³/mol. The minimum Gasteiger partial charge on any atom is -0.491 e. The highest BCUT2D eigenvalue weighted by molar-refractivity contribution is 6.32. The summed E-state index contributed by atoms with van der Waals surface area (Å²) in [4.78, 5) is 11.7. The lowest BCUT2D eigenvalue weighted by Gasteiger charge is -2.07. The van der Waals surface area contributed by atoms with Gasteiger partial charge in [0.05, 0.1) is 23.2 Å². The molecule has 1 aliphatic rings. The summed E-state index contributed by atoms with van der Waals surface area (Å²) >= 11 is 5.91. The van der Waals surface area contributed by atoms with Crippen molar-refractivity contribution in [3.05, 3.63) is 28.8 Å². The molecule has 1 aromatic carbocycles. The van der Waals surface area contributed by atoms with Gasteiger partial charge < -0.3 is 10.5 Å². The fourth-order valence-electron chi connectivity index (χ4n) is 1.47. The molecule has 5 heteroatoms. The fourth-order valence-corrected chi connectivity index (χ4v) is 1.70. The Bertz CT molecular complexity index is 382. The van der Waals surface area contributed by atoms with Crippen molar-refractivity contribution in [1.29, 1.82) is 0 Å². The van der Waals surface area contributed by atoms with Crippen LogP contribution in [0.25, 0.3) is 0 Å². The summed E-state index contributed by atoms with van der Waals surface area (Å²) in [5, 5.41) is 0.463. The topological polar surface area (TPSA) is 52.3 Å². The summed E-state index contributed by atoms with van der Waals surface area (Å²) in [6.45, 7) is 0.434. The smallest absolute Gasteiger partial charge is 0.183 e. The molecule has 15 heavy (non-hydrogen) atoms. The maximum atomic E-state index is 11.7. The lowest BCUT2D eigenvalue weighted by molar-refractivity contribution is 0.0960. The summed E-state index contributed by atoms with van der Waals surface area (Å²) in [5.74, 6) is 0.368. The highest BCUT2D eigenvalue weighted by atomic mass is 35.5. The van der Waals surface area contributed by atoms with E-state index in [2.05, 4.69) is 0 Å². The van der Waals surface area contributed by atoms with Gasteiger partial charge in [-0.05, 0) is 12.1 Å². The molecule has 82 valence electrons. The standard InChI is InChI=1S/C10H10ClNO2.ClH/c11-7-3-1-2-6-9(13)8(12)4-5-14-10(6)7;/h1-3,8H,4-5,12H2;1H. The zero-order valence-corrected chi connectivity index (χ0v) is 9.48. The maximum Gasteiger partial charge on any atom is 0.183 e. The van der Waals surface area contributed by atoms with Gasteiger partial charge in [-0.15, -0.1) is 12.4 Å². The molecule has 3 nitrogen and oxygen atoms in total. The Morgan fingerprint density at radius 3 is 2.93 bits per heavy atom. The van der Waals surface area contributed by atoms with Crippen molar-refractivity contribution >= 4 is 29.8 Å². The monoisotopic (exact) mass is 247 g/mol. The molecule has 1 aromatic rings. The van der Waals surface area contributed by atoms with Gasteiger partial charge in [-0.1, -0.05) is 17.7 Å². The molecule has 1 aliphatic heterocycles. The summed E-state index contributed by atoms with van der Waals surface area (Å²) in [5.41, 5.74) is 6.16. The fraction of sp³-hybridized carbons (Fsp3) is 0.300. The number of halogens is 2. The number of benzene rings is 1. The van der Waals surface area contributed by atoms with E-state index in [-0.39, 0.29) is 18.2 Å². The van der Waals surface area contributed by atoms with Gasteiger partial charge in [0.25, 0.3) is 0 Å². The number of para-hydroxylation sites is 1. The van der Waals surface area contributed by atoms with Gasteiger partial charge >= 0.3 is 0 Å². The van der Waals surface area contributed by atoms with Crippen LogP contribution in [0, 0.1) is 0 Å². The number of carbonyl (C=O) groups is 1. The Labute approximate surface area is 99.0 Å². The summed E-state index contributed by atoms with van der Waals surface area (Å²) in [6, 6.07) is 4.63. The van der Waals surface area contributed by atoms with E-state index in [1.165, 1.54) is 0 Å². The third-order valence-corrected chi connectivity index (χ3v) is 2.54. The first-order chi connectivity index (χ1) is 6.70. The van der Waals surface area contributed by atoms with E-state index in [9.17, 15) is 4.79 Å². The van der Waals surface area contributed by atoms with Gasteiger partial charge in [-0.3, -0.25) is 4.79 Å². The quantitative estimate of drug-likeness (QED) is 0.764. The SMILES string of the molecule is Cl.NC1CCOc2c(Cl)cccc2C1=O. The first-order valence-corrected chi connectivity index (χ1v) is 4.79. The van der Waals surface area contributed by atoms with Gasteiger partial charge in [-0.2, -0.15) is 0 Å². The summed E-state index contributed by atoms with van der Waals surface area (Å²) in [6.07, 6.45) is 0.532. The Kier molecular flexibility index (Phi) is 3.97. The molecular formula is C10H11Cl2NO2. The summed E-state index contributed by atoms with van der Waals surface area (Å²) < 4.78 is 5.39. The van der Waals surface area contributed by atoms with Crippen LogP contribution in [0.2, 0.25) is 5.02 Å². The van der Waals surface area contributed by atoms with E-state index in [1.54, 1.807) is 18.2 Å². The third-order valence-electron chi connectivity index (χ3n) is 2.24. The van der Waals surface area contributed by atoms with Crippen molar-refractivity contribution in [2.75, 3.05) is 6.61 Å². The minimum absolute atomic E-state index is 0. The molecule has 0 saturated carbocycles. The van der Waals surface area contributed by atoms with Crippen LogP contribution in [-0.2, 0) is 0 Å². The van der Waals surface area contributed by atoms with Crippen LogP contribution in [-0.4, -0.2) is 18.4 Å². The van der Waals surface area contributed by atoms with E-state index in [1.807, 2.05) is 0 Å². The molecule has 0 bridgehead atoms. The lowest BCUT2D eigenvalue weighted by Crippen LogP contribution is -2.30. The van der Waals surface area contributed by atoms with Crippen LogP contribution >= 0.6 is 24.0 Å². The van der Waals surface area contributed by atoms with Crippen LogP contribution in [0.3, 0.4) is 0 Å². The zero-order chi connectivity index (χ0) is 10.1. The van der Waals surface area contributed by atoms with Gasteiger partial charge in [-0.25, -0.2) is 0 Å². The molecule has 1 atom stereocenters. The number of fused-ring (bicyclic) bond motifs is 1. The molecule has 0 amide bonds. The Morgan fingerprint density at radius 2 is 2.20 bits per heavy atom. The number of nitrogens with two attached hydrogens (primary N) is 1. The number of ketones is 1. The van der Waals surface area contributed by atoms with E-state index >= 15 is 0 Å². The molecule has 0 fully saturated rings. The first kappa shape index (κ1) is 12.3.